The molecule has 0 saturated carbocycles. The lowest BCUT2D eigenvalue weighted by Gasteiger charge is -2.18. The number of ether oxygens (including phenoxy) is 3. The second-order valence-corrected chi connectivity index (χ2v) is 24.1. The summed E-state index contributed by atoms with van der Waals surface area (Å²) in [5, 5.41) is 0. The predicted octanol–water partition coefficient (Wildman–Crippen LogP) is 24.8. The van der Waals surface area contributed by atoms with Crippen LogP contribution in [0.25, 0.3) is 0 Å². The van der Waals surface area contributed by atoms with Crippen molar-refractivity contribution in [1.29, 1.82) is 0 Å². The van der Waals surface area contributed by atoms with E-state index in [9.17, 15) is 14.4 Å². The molecule has 0 spiro atoms. The summed E-state index contributed by atoms with van der Waals surface area (Å²) in [5.41, 5.74) is 0. The van der Waals surface area contributed by atoms with Gasteiger partial charge in [0.05, 0.1) is 0 Å². The van der Waals surface area contributed by atoms with Gasteiger partial charge in [0.15, 0.2) is 6.10 Å². The Morgan fingerprint density at radius 2 is 0.476 bits per heavy atom. The average Bonchev–Trinajstić information content (AvgIpc) is 3.47. The maximum atomic E-state index is 12.9. The summed E-state index contributed by atoms with van der Waals surface area (Å²) in [7, 11) is 0. The Labute approximate surface area is 510 Å². The van der Waals surface area contributed by atoms with Gasteiger partial charge in [-0.25, -0.2) is 0 Å². The summed E-state index contributed by atoms with van der Waals surface area (Å²) < 4.78 is 16.9. The fourth-order valence-corrected chi connectivity index (χ4v) is 10.6. The zero-order valence-corrected chi connectivity index (χ0v) is 54.8. The molecule has 6 nitrogen and oxygen atoms in total. The summed E-state index contributed by atoms with van der Waals surface area (Å²) >= 11 is 0. The molecular formula is C76H136O6. The molecule has 0 radical (unpaired) electrons. The summed E-state index contributed by atoms with van der Waals surface area (Å²) in [4.78, 5) is 38.2. The number of carbonyl (C=O) groups is 3. The highest BCUT2D eigenvalue weighted by molar-refractivity contribution is 5.71. The van der Waals surface area contributed by atoms with Crippen molar-refractivity contribution in [1.82, 2.24) is 0 Å². The summed E-state index contributed by atoms with van der Waals surface area (Å²) in [6.07, 6.45) is 92.5. The lowest BCUT2D eigenvalue weighted by atomic mass is 10.0. The zero-order chi connectivity index (χ0) is 59.2. The topological polar surface area (TPSA) is 78.9 Å². The van der Waals surface area contributed by atoms with Gasteiger partial charge in [-0.2, -0.15) is 0 Å². The molecule has 6 heteroatoms. The predicted molar refractivity (Wildman–Crippen MR) is 358 cm³/mol. The molecule has 0 rings (SSSR count). The standard InChI is InChI=1S/C76H136O6/c1-4-7-10-13-16-19-21-23-25-27-29-31-32-33-34-35-36-37-38-39-40-41-42-43-44-46-47-49-51-53-55-57-60-63-66-69-75(78)81-72-73(71-80-74(77)68-65-62-59-18-15-12-9-6-3)82-76(79)70-67-64-61-58-56-54-52-50-48-45-30-28-26-24-22-20-17-14-11-8-5-2/h7,10,16,19,23,25,29,31,33-34,36-37,73H,4-6,8-9,11-15,17-18,20-22,24,26-28,30,32,35,38-72H2,1-3H3/b10-7-,19-16-,25-23-,31-29-,34-33-,37-36-. The third-order valence-electron chi connectivity index (χ3n) is 16.0. The van der Waals surface area contributed by atoms with Crippen molar-refractivity contribution in [2.24, 2.45) is 0 Å². The Hall–Kier alpha value is -3.15. The molecule has 0 N–H and O–H groups in total. The van der Waals surface area contributed by atoms with Crippen LogP contribution in [0.5, 0.6) is 0 Å². The largest absolute Gasteiger partial charge is 0.462 e. The van der Waals surface area contributed by atoms with Crippen LogP contribution in [0.2, 0.25) is 0 Å². The molecule has 0 heterocycles. The maximum Gasteiger partial charge on any atom is 0.306 e. The molecule has 0 aliphatic rings. The van der Waals surface area contributed by atoms with E-state index < -0.39 is 6.10 Å². The van der Waals surface area contributed by atoms with Gasteiger partial charge in [0.2, 0.25) is 0 Å². The van der Waals surface area contributed by atoms with Crippen molar-refractivity contribution in [3.05, 3.63) is 72.9 Å². The van der Waals surface area contributed by atoms with Gasteiger partial charge < -0.3 is 14.2 Å². The van der Waals surface area contributed by atoms with E-state index in [1.165, 1.54) is 238 Å². The number of carbonyl (C=O) groups excluding carboxylic acids is 3. The number of hydrogen-bond donors (Lipinski definition) is 0. The first-order valence-corrected chi connectivity index (χ1v) is 35.9. The van der Waals surface area contributed by atoms with Gasteiger partial charge in [0.25, 0.3) is 0 Å². The van der Waals surface area contributed by atoms with Gasteiger partial charge in [0, 0.05) is 19.3 Å². The van der Waals surface area contributed by atoms with Crippen molar-refractivity contribution in [2.45, 2.75) is 380 Å². The molecule has 1 unspecified atom stereocenters. The number of allylic oxidation sites excluding steroid dienone is 12. The van der Waals surface area contributed by atoms with Gasteiger partial charge in [0.1, 0.15) is 13.2 Å². The van der Waals surface area contributed by atoms with Crippen LogP contribution >= 0.6 is 0 Å². The van der Waals surface area contributed by atoms with Crippen LogP contribution in [-0.2, 0) is 28.6 Å². The van der Waals surface area contributed by atoms with Crippen molar-refractivity contribution in [3.8, 4) is 0 Å². The number of hydrogen-bond acceptors (Lipinski definition) is 6. The van der Waals surface area contributed by atoms with Gasteiger partial charge in [-0.3, -0.25) is 14.4 Å². The fraction of sp³-hybridized carbons (Fsp3) is 0.803. The monoisotopic (exact) mass is 1150 g/mol. The van der Waals surface area contributed by atoms with Gasteiger partial charge >= 0.3 is 17.9 Å². The van der Waals surface area contributed by atoms with Crippen LogP contribution in [-0.4, -0.2) is 37.2 Å². The van der Waals surface area contributed by atoms with E-state index in [0.29, 0.717) is 19.3 Å². The number of rotatable bonds is 66. The molecule has 0 aromatic carbocycles. The summed E-state index contributed by atoms with van der Waals surface area (Å²) in [5.74, 6) is -0.848. The molecule has 0 aromatic heterocycles. The first-order valence-electron chi connectivity index (χ1n) is 35.9. The maximum absolute atomic E-state index is 12.9. The first kappa shape index (κ1) is 78.8. The van der Waals surface area contributed by atoms with Crippen molar-refractivity contribution in [3.63, 3.8) is 0 Å². The van der Waals surface area contributed by atoms with Crippen LogP contribution in [0.1, 0.15) is 374 Å². The lowest BCUT2D eigenvalue weighted by molar-refractivity contribution is -0.167. The molecule has 0 aromatic rings. The van der Waals surface area contributed by atoms with Crippen LogP contribution in [0.15, 0.2) is 72.9 Å². The Balaban J connectivity index is 4.03. The highest BCUT2D eigenvalue weighted by atomic mass is 16.6. The van der Waals surface area contributed by atoms with Crippen molar-refractivity contribution >= 4 is 17.9 Å². The molecule has 82 heavy (non-hydrogen) atoms. The van der Waals surface area contributed by atoms with E-state index in [4.69, 9.17) is 14.2 Å². The Morgan fingerprint density at radius 3 is 0.744 bits per heavy atom. The summed E-state index contributed by atoms with van der Waals surface area (Å²) in [6.45, 7) is 6.56. The van der Waals surface area contributed by atoms with E-state index in [2.05, 4.69) is 93.7 Å². The Kier molecular flexibility index (Phi) is 67.6. The minimum atomic E-state index is -0.769. The Bertz CT molecular complexity index is 1500. The van der Waals surface area contributed by atoms with E-state index in [1.807, 2.05) is 0 Å². The van der Waals surface area contributed by atoms with Crippen LogP contribution < -0.4 is 0 Å². The number of unbranched alkanes of at least 4 members (excludes halogenated alkanes) is 43. The van der Waals surface area contributed by atoms with Crippen molar-refractivity contribution < 1.29 is 28.6 Å². The van der Waals surface area contributed by atoms with Crippen LogP contribution in [0.4, 0.5) is 0 Å². The van der Waals surface area contributed by atoms with E-state index in [-0.39, 0.29) is 31.1 Å². The van der Waals surface area contributed by atoms with Crippen LogP contribution in [0.3, 0.4) is 0 Å². The average molecular weight is 1150 g/mol. The second-order valence-electron chi connectivity index (χ2n) is 24.1. The smallest absolute Gasteiger partial charge is 0.306 e. The molecule has 0 fully saturated rings. The van der Waals surface area contributed by atoms with E-state index in [0.717, 1.165) is 96.3 Å². The highest BCUT2D eigenvalue weighted by Gasteiger charge is 2.19. The third kappa shape index (κ3) is 67.6. The van der Waals surface area contributed by atoms with Gasteiger partial charge in [-0.15, -0.1) is 0 Å². The second kappa shape index (κ2) is 70.3. The van der Waals surface area contributed by atoms with Gasteiger partial charge in [-0.1, -0.05) is 357 Å². The van der Waals surface area contributed by atoms with Gasteiger partial charge in [-0.05, 0) is 70.6 Å². The Morgan fingerprint density at radius 1 is 0.256 bits per heavy atom. The normalized spacial score (nSPS) is 12.5. The number of esters is 3. The highest BCUT2D eigenvalue weighted by Crippen LogP contribution is 2.18. The quantitative estimate of drug-likeness (QED) is 0.0261. The van der Waals surface area contributed by atoms with Crippen LogP contribution in [0, 0.1) is 0 Å². The zero-order valence-electron chi connectivity index (χ0n) is 54.8. The summed E-state index contributed by atoms with van der Waals surface area (Å²) in [6, 6.07) is 0. The fourth-order valence-electron chi connectivity index (χ4n) is 10.6. The first-order chi connectivity index (χ1) is 40.5. The van der Waals surface area contributed by atoms with E-state index in [1.54, 1.807) is 0 Å². The molecule has 0 bridgehead atoms. The SMILES string of the molecule is CC/C=C\C/C=C\C/C=C\C/C=C\C/C=C\C/C=C\CCCCCCCCCCCCCCCCCCC(=O)OCC(COC(=O)CCCCCCCCCC)OC(=O)CCCCCCCCCCCCCCCCCCCCCCC. The molecule has 0 aliphatic carbocycles. The minimum Gasteiger partial charge on any atom is -0.462 e. The molecule has 0 saturated heterocycles. The van der Waals surface area contributed by atoms with E-state index >= 15 is 0 Å². The van der Waals surface area contributed by atoms with Crippen molar-refractivity contribution in [2.75, 3.05) is 13.2 Å². The lowest BCUT2D eigenvalue weighted by Crippen LogP contribution is -2.30. The molecule has 0 aliphatic heterocycles. The minimum absolute atomic E-state index is 0.0680. The molecule has 1 atom stereocenters. The third-order valence-corrected chi connectivity index (χ3v) is 16.0. The molecule has 0 amide bonds. The molecular weight excluding hydrogens is 1010 g/mol. The molecule has 476 valence electrons.